The van der Waals surface area contributed by atoms with E-state index in [-0.39, 0.29) is 24.3 Å². The van der Waals surface area contributed by atoms with Gasteiger partial charge in [-0.25, -0.2) is 14.6 Å². The number of amides is 2. The molecule has 2 rings (SSSR count). The summed E-state index contributed by atoms with van der Waals surface area (Å²) >= 11 is 6.03. The van der Waals surface area contributed by atoms with Crippen LogP contribution < -0.4 is 4.74 Å². The molecule has 1 atom stereocenters. The van der Waals surface area contributed by atoms with Gasteiger partial charge in [0.2, 0.25) is 11.8 Å². The Morgan fingerprint density at radius 3 is 2.52 bits per heavy atom. The fourth-order valence-electron chi connectivity index (χ4n) is 2.71. The number of ether oxygens (including phenoxy) is 2. The van der Waals surface area contributed by atoms with Gasteiger partial charge in [-0.05, 0) is 26.8 Å². The summed E-state index contributed by atoms with van der Waals surface area (Å²) in [6.45, 7) is 7.43. The minimum atomic E-state index is -1.21. The fraction of sp³-hybridized carbons (Fsp3) is 0.579. The van der Waals surface area contributed by atoms with E-state index in [1.807, 2.05) is 0 Å². The van der Waals surface area contributed by atoms with Gasteiger partial charge in [-0.15, -0.1) is 0 Å². The molecule has 10 heteroatoms. The molecule has 29 heavy (non-hydrogen) atoms. The average molecular weight is 428 g/mol. The van der Waals surface area contributed by atoms with Crippen LogP contribution in [0, 0.1) is 0 Å². The summed E-state index contributed by atoms with van der Waals surface area (Å²) in [7, 11) is 1.36. The Balaban J connectivity index is 2.16. The van der Waals surface area contributed by atoms with E-state index in [0.29, 0.717) is 23.7 Å². The fourth-order valence-corrected chi connectivity index (χ4v) is 2.89. The van der Waals surface area contributed by atoms with Gasteiger partial charge in [0.15, 0.2) is 0 Å². The average Bonchev–Trinajstić information content (AvgIpc) is 2.54. The maximum atomic E-state index is 12.3. The standard InChI is InChI=1S/C19H26ClN3O6/c1-11(24)23-9-14(10-23)28-16-12(6-13(20)8-21-16)7-15(17(25)26)22(5)18(27)29-19(2,3)4/h6,8,14-15H,7,9-10H2,1-5H3,(H,25,26)/t15-/m0/s1. The van der Waals surface area contributed by atoms with Crippen molar-refractivity contribution in [1.82, 2.24) is 14.8 Å². The molecule has 160 valence electrons. The van der Waals surface area contributed by atoms with Crippen molar-refractivity contribution in [3.05, 3.63) is 22.8 Å². The quantitative estimate of drug-likeness (QED) is 0.741. The molecule has 1 aromatic rings. The Morgan fingerprint density at radius 1 is 1.38 bits per heavy atom. The number of carboxylic acid groups (broad SMARTS) is 1. The molecule has 1 saturated heterocycles. The zero-order valence-electron chi connectivity index (χ0n) is 17.1. The van der Waals surface area contributed by atoms with Gasteiger partial charge in [0.1, 0.15) is 17.7 Å². The molecule has 1 aliphatic heterocycles. The number of pyridine rings is 1. The molecule has 1 aromatic heterocycles. The summed E-state index contributed by atoms with van der Waals surface area (Å²) in [5.74, 6) is -1.01. The Hall–Kier alpha value is -2.55. The first-order valence-corrected chi connectivity index (χ1v) is 9.50. The lowest BCUT2D eigenvalue weighted by Gasteiger charge is -2.38. The van der Waals surface area contributed by atoms with Crippen molar-refractivity contribution < 1.29 is 29.0 Å². The van der Waals surface area contributed by atoms with E-state index in [2.05, 4.69) is 4.98 Å². The zero-order chi connectivity index (χ0) is 21.9. The monoisotopic (exact) mass is 427 g/mol. The van der Waals surface area contributed by atoms with Gasteiger partial charge in [-0.3, -0.25) is 9.69 Å². The van der Waals surface area contributed by atoms with Crippen molar-refractivity contribution >= 4 is 29.6 Å². The van der Waals surface area contributed by atoms with E-state index in [4.69, 9.17) is 21.1 Å². The van der Waals surface area contributed by atoms with E-state index >= 15 is 0 Å². The normalized spacial score (nSPS) is 15.3. The molecule has 9 nitrogen and oxygen atoms in total. The van der Waals surface area contributed by atoms with Crippen LogP contribution in [0.15, 0.2) is 12.3 Å². The maximum Gasteiger partial charge on any atom is 0.410 e. The lowest BCUT2D eigenvalue weighted by atomic mass is 10.1. The SMILES string of the molecule is CC(=O)N1CC(Oc2ncc(Cl)cc2C[C@@H](C(=O)O)N(C)C(=O)OC(C)(C)C)C1. The molecule has 0 aromatic carbocycles. The van der Waals surface area contributed by atoms with Crippen LogP contribution in [0.4, 0.5) is 4.79 Å². The van der Waals surface area contributed by atoms with Crippen LogP contribution in [0.2, 0.25) is 5.02 Å². The van der Waals surface area contributed by atoms with Crippen LogP contribution in [0.25, 0.3) is 0 Å². The smallest absolute Gasteiger partial charge is 0.410 e. The van der Waals surface area contributed by atoms with Gasteiger partial charge in [-0.1, -0.05) is 11.6 Å². The van der Waals surface area contributed by atoms with Gasteiger partial charge >= 0.3 is 12.1 Å². The number of halogens is 1. The maximum absolute atomic E-state index is 12.3. The molecule has 2 heterocycles. The third-order valence-corrected chi connectivity index (χ3v) is 4.52. The Kier molecular flexibility index (Phi) is 6.94. The second kappa shape index (κ2) is 8.86. The first kappa shape index (κ1) is 22.7. The highest BCUT2D eigenvalue weighted by molar-refractivity contribution is 6.30. The largest absolute Gasteiger partial charge is 0.480 e. The number of hydrogen-bond acceptors (Lipinski definition) is 6. The predicted octanol–water partition coefficient (Wildman–Crippen LogP) is 2.21. The van der Waals surface area contributed by atoms with Crippen molar-refractivity contribution in [2.75, 3.05) is 20.1 Å². The number of likely N-dealkylation sites (tertiary alicyclic amines) is 1. The summed E-state index contributed by atoms with van der Waals surface area (Å²) < 4.78 is 11.1. The molecule has 0 spiro atoms. The topological polar surface area (TPSA) is 109 Å². The van der Waals surface area contributed by atoms with Crippen LogP contribution in [-0.4, -0.2) is 75.7 Å². The summed E-state index contributed by atoms with van der Waals surface area (Å²) in [5, 5.41) is 9.97. The van der Waals surface area contributed by atoms with E-state index in [1.54, 1.807) is 31.7 Å². The molecular formula is C19H26ClN3O6. The molecule has 1 aliphatic rings. The van der Waals surface area contributed by atoms with E-state index < -0.39 is 23.7 Å². The number of aliphatic carboxylic acids is 1. The molecular weight excluding hydrogens is 402 g/mol. The van der Waals surface area contributed by atoms with E-state index in [9.17, 15) is 19.5 Å². The highest BCUT2D eigenvalue weighted by Gasteiger charge is 2.34. The molecule has 0 saturated carbocycles. The molecule has 0 bridgehead atoms. The zero-order valence-corrected chi connectivity index (χ0v) is 17.9. The summed E-state index contributed by atoms with van der Waals surface area (Å²) in [5.41, 5.74) is -0.311. The number of aromatic nitrogens is 1. The molecule has 1 fully saturated rings. The predicted molar refractivity (Wildman–Crippen MR) is 105 cm³/mol. The number of hydrogen-bond donors (Lipinski definition) is 1. The summed E-state index contributed by atoms with van der Waals surface area (Å²) in [6.07, 6.45) is 0.336. The number of carbonyl (C=O) groups excluding carboxylic acids is 2. The molecule has 0 radical (unpaired) electrons. The molecule has 2 amide bonds. The number of rotatable bonds is 6. The third-order valence-electron chi connectivity index (χ3n) is 4.31. The van der Waals surface area contributed by atoms with Crippen molar-refractivity contribution in [3.8, 4) is 5.88 Å². The van der Waals surface area contributed by atoms with Crippen molar-refractivity contribution in [1.29, 1.82) is 0 Å². The van der Waals surface area contributed by atoms with Crippen molar-refractivity contribution in [2.24, 2.45) is 0 Å². The minimum absolute atomic E-state index is 0.0425. The van der Waals surface area contributed by atoms with Crippen molar-refractivity contribution in [2.45, 2.75) is 51.9 Å². The highest BCUT2D eigenvalue weighted by atomic mass is 35.5. The Labute approximate surface area is 174 Å². The number of carbonyl (C=O) groups is 3. The highest BCUT2D eigenvalue weighted by Crippen LogP contribution is 2.26. The number of likely N-dealkylation sites (N-methyl/N-ethyl adjacent to an activating group) is 1. The van der Waals surface area contributed by atoms with Gasteiger partial charge in [-0.2, -0.15) is 0 Å². The number of nitrogens with zero attached hydrogens (tertiary/aromatic N) is 3. The second-order valence-corrected chi connectivity index (χ2v) is 8.37. The van der Waals surface area contributed by atoms with Crippen LogP contribution in [0.5, 0.6) is 5.88 Å². The third kappa shape index (κ3) is 6.22. The van der Waals surface area contributed by atoms with Crippen molar-refractivity contribution in [3.63, 3.8) is 0 Å². The van der Waals surface area contributed by atoms with Crippen LogP contribution >= 0.6 is 11.6 Å². The molecule has 0 aliphatic carbocycles. The van der Waals surface area contributed by atoms with Crippen LogP contribution in [0.3, 0.4) is 0 Å². The van der Waals surface area contributed by atoms with Gasteiger partial charge in [0.05, 0.1) is 18.1 Å². The van der Waals surface area contributed by atoms with Gasteiger partial charge in [0, 0.05) is 32.2 Å². The molecule has 1 N–H and O–H groups in total. The minimum Gasteiger partial charge on any atom is -0.480 e. The first-order valence-electron chi connectivity index (χ1n) is 9.12. The van der Waals surface area contributed by atoms with Gasteiger partial charge in [0.25, 0.3) is 0 Å². The first-order chi connectivity index (χ1) is 13.4. The Bertz CT molecular complexity index is 789. The Morgan fingerprint density at radius 2 is 2.00 bits per heavy atom. The number of carboxylic acids is 1. The summed E-state index contributed by atoms with van der Waals surface area (Å²) in [6, 6.07) is 0.354. The van der Waals surface area contributed by atoms with Crippen LogP contribution in [-0.2, 0) is 20.7 Å². The molecule has 0 unspecified atom stereocenters. The lowest BCUT2D eigenvalue weighted by molar-refractivity contribution is -0.142. The lowest BCUT2D eigenvalue weighted by Crippen LogP contribution is -2.55. The van der Waals surface area contributed by atoms with Crippen LogP contribution in [0.1, 0.15) is 33.3 Å². The summed E-state index contributed by atoms with van der Waals surface area (Å²) in [4.78, 5) is 42.3. The van der Waals surface area contributed by atoms with E-state index in [1.165, 1.54) is 20.2 Å². The van der Waals surface area contributed by atoms with E-state index in [0.717, 1.165) is 4.90 Å². The second-order valence-electron chi connectivity index (χ2n) is 7.93. The van der Waals surface area contributed by atoms with Gasteiger partial charge < -0.3 is 19.5 Å².